The first-order valence-electron chi connectivity index (χ1n) is 8.58. The zero-order chi connectivity index (χ0) is 18.0. The Kier molecular flexibility index (Phi) is 6.45. The first-order valence-corrected chi connectivity index (χ1v) is 8.58. The summed E-state index contributed by atoms with van der Waals surface area (Å²) >= 11 is 0. The summed E-state index contributed by atoms with van der Waals surface area (Å²) in [5, 5.41) is 3.36. The summed E-state index contributed by atoms with van der Waals surface area (Å²) in [6.07, 6.45) is 2.59. The number of benzene rings is 1. The number of aromatic nitrogens is 1. The van der Waals surface area contributed by atoms with Gasteiger partial charge >= 0.3 is 0 Å². The molecule has 1 unspecified atom stereocenters. The SMILES string of the molecule is CCc1ccc(C2CNCCN2C(=O)c2cc(C(N)=O)cn2C)cc1.Cl. The Morgan fingerprint density at radius 1 is 1.27 bits per heavy atom. The topological polar surface area (TPSA) is 80.4 Å². The largest absolute Gasteiger partial charge is 0.366 e. The highest BCUT2D eigenvalue weighted by atomic mass is 35.5. The number of hydrogen-bond donors (Lipinski definition) is 2. The van der Waals surface area contributed by atoms with Crippen molar-refractivity contribution >= 4 is 24.2 Å². The number of rotatable bonds is 4. The van der Waals surface area contributed by atoms with Crippen LogP contribution in [0.1, 0.15) is 44.9 Å². The van der Waals surface area contributed by atoms with Gasteiger partial charge in [0.05, 0.1) is 11.6 Å². The van der Waals surface area contributed by atoms with E-state index >= 15 is 0 Å². The molecule has 1 saturated heterocycles. The van der Waals surface area contributed by atoms with E-state index in [1.165, 1.54) is 5.56 Å². The van der Waals surface area contributed by atoms with Gasteiger partial charge in [0.15, 0.2) is 0 Å². The number of carbonyl (C=O) groups is 2. The maximum absolute atomic E-state index is 13.1. The lowest BCUT2D eigenvalue weighted by atomic mass is 10.0. The van der Waals surface area contributed by atoms with E-state index in [1.807, 2.05) is 4.90 Å². The molecule has 0 saturated carbocycles. The van der Waals surface area contributed by atoms with Gasteiger partial charge in [-0.05, 0) is 23.6 Å². The van der Waals surface area contributed by atoms with Gasteiger partial charge in [-0.25, -0.2) is 0 Å². The van der Waals surface area contributed by atoms with E-state index in [1.54, 1.807) is 23.9 Å². The summed E-state index contributed by atoms with van der Waals surface area (Å²) in [6, 6.07) is 9.96. The van der Waals surface area contributed by atoms with E-state index in [-0.39, 0.29) is 24.4 Å². The van der Waals surface area contributed by atoms with Crippen molar-refractivity contribution in [2.45, 2.75) is 19.4 Å². The summed E-state index contributed by atoms with van der Waals surface area (Å²) in [7, 11) is 1.76. The first-order chi connectivity index (χ1) is 12.0. The summed E-state index contributed by atoms with van der Waals surface area (Å²) in [4.78, 5) is 26.3. The lowest BCUT2D eigenvalue weighted by Crippen LogP contribution is -2.49. The average Bonchev–Trinajstić information content (AvgIpc) is 3.03. The number of nitrogens with one attached hydrogen (secondary N) is 1. The highest BCUT2D eigenvalue weighted by molar-refractivity contribution is 5.99. The number of nitrogens with zero attached hydrogens (tertiary/aromatic N) is 2. The van der Waals surface area contributed by atoms with Crippen molar-refractivity contribution in [3.63, 3.8) is 0 Å². The molecule has 3 N–H and O–H groups in total. The van der Waals surface area contributed by atoms with Crippen LogP contribution < -0.4 is 11.1 Å². The van der Waals surface area contributed by atoms with Crippen molar-refractivity contribution in [2.24, 2.45) is 12.8 Å². The Hall–Kier alpha value is -2.31. The van der Waals surface area contributed by atoms with Crippen LogP contribution >= 0.6 is 12.4 Å². The Balaban J connectivity index is 0.00000243. The minimum atomic E-state index is -0.526. The van der Waals surface area contributed by atoms with Gasteiger partial charge in [-0.3, -0.25) is 9.59 Å². The van der Waals surface area contributed by atoms with E-state index in [0.717, 1.165) is 18.5 Å². The second-order valence-electron chi connectivity index (χ2n) is 6.40. The molecule has 26 heavy (non-hydrogen) atoms. The normalized spacial score (nSPS) is 16.8. The van der Waals surface area contributed by atoms with Gasteiger partial charge in [0, 0.05) is 32.9 Å². The third-order valence-corrected chi connectivity index (χ3v) is 4.79. The number of aryl methyl sites for hydroxylation is 2. The second-order valence-corrected chi connectivity index (χ2v) is 6.40. The Bertz CT molecular complexity index is 785. The molecule has 140 valence electrons. The molecule has 7 heteroatoms. The van der Waals surface area contributed by atoms with Crippen LogP contribution in [-0.4, -0.2) is 40.9 Å². The van der Waals surface area contributed by atoms with Crippen LogP contribution in [0.4, 0.5) is 0 Å². The molecule has 1 aromatic carbocycles. The molecule has 1 aliphatic rings. The molecule has 1 fully saturated rings. The third kappa shape index (κ3) is 3.92. The highest BCUT2D eigenvalue weighted by Gasteiger charge is 2.30. The zero-order valence-electron chi connectivity index (χ0n) is 15.1. The van der Waals surface area contributed by atoms with Gasteiger partial charge in [0.25, 0.3) is 5.91 Å². The number of amides is 2. The van der Waals surface area contributed by atoms with Crippen LogP contribution in [-0.2, 0) is 13.5 Å². The van der Waals surface area contributed by atoms with Crippen molar-refractivity contribution in [3.05, 3.63) is 58.9 Å². The number of carbonyl (C=O) groups excluding carboxylic acids is 2. The maximum Gasteiger partial charge on any atom is 0.271 e. The fourth-order valence-electron chi connectivity index (χ4n) is 3.28. The minimum Gasteiger partial charge on any atom is -0.366 e. The van der Waals surface area contributed by atoms with Gasteiger partial charge in [-0.15, -0.1) is 12.4 Å². The molecule has 1 aliphatic heterocycles. The first kappa shape index (κ1) is 20.0. The number of nitrogens with two attached hydrogens (primary N) is 1. The van der Waals surface area contributed by atoms with Gasteiger partial charge in [-0.2, -0.15) is 0 Å². The van der Waals surface area contributed by atoms with Crippen LogP contribution in [0.15, 0.2) is 36.5 Å². The molecule has 3 rings (SSSR count). The molecule has 1 atom stereocenters. The van der Waals surface area contributed by atoms with Crippen LogP contribution in [0.3, 0.4) is 0 Å². The minimum absolute atomic E-state index is 0. The smallest absolute Gasteiger partial charge is 0.271 e. The Morgan fingerprint density at radius 2 is 1.96 bits per heavy atom. The molecule has 0 aliphatic carbocycles. The van der Waals surface area contributed by atoms with E-state index in [2.05, 4.69) is 36.5 Å². The van der Waals surface area contributed by atoms with E-state index in [0.29, 0.717) is 24.3 Å². The standard InChI is InChI=1S/C19H24N4O2.ClH/c1-3-13-4-6-14(7-5-13)17-11-21-8-9-23(17)19(25)16-10-15(18(20)24)12-22(16)2;/h4-7,10,12,17,21H,3,8-9,11H2,1-2H3,(H2,20,24);1H. The van der Waals surface area contributed by atoms with E-state index in [9.17, 15) is 9.59 Å². The predicted octanol–water partition coefficient (Wildman–Crippen LogP) is 1.89. The lowest BCUT2D eigenvalue weighted by molar-refractivity contribution is 0.0624. The summed E-state index contributed by atoms with van der Waals surface area (Å²) in [6.45, 7) is 4.21. The van der Waals surface area contributed by atoms with E-state index in [4.69, 9.17) is 5.73 Å². The molecule has 6 nitrogen and oxygen atoms in total. The lowest BCUT2D eigenvalue weighted by Gasteiger charge is -2.36. The number of piperazine rings is 1. The monoisotopic (exact) mass is 376 g/mol. The number of hydrogen-bond acceptors (Lipinski definition) is 3. The molecule has 2 heterocycles. The van der Waals surface area contributed by atoms with Crippen LogP contribution in [0, 0.1) is 0 Å². The van der Waals surface area contributed by atoms with E-state index < -0.39 is 5.91 Å². The third-order valence-electron chi connectivity index (χ3n) is 4.79. The Labute approximate surface area is 159 Å². The number of halogens is 1. The van der Waals surface area contributed by atoms with Crippen molar-refractivity contribution in [1.82, 2.24) is 14.8 Å². The zero-order valence-corrected chi connectivity index (χ0v) is 15.9. The molecule has 0 spiro atoms. The molecule has 2 amide bonds. The molecule has 0 radical (unpaired) electrons. The molecule has 2 aromatic rings. The summed E-state index contributed by atoms with van der Waals surface area (Å²) in [5.74, 6) is -0.609. The van der Waals surface area contributed by atoms with Crippen molar-refractivity contribution in [3.8, 4) is 0 Å². The maximum atomic E-state index is 13.1. The molecular formula is C19H25ClN4O2. The summed E-state index contributed by atoms with van der Waals surface area (Å²) in [5.41, 5.74) is 8.55. The second kappa shape index (κ2) is 8.38. The van der Waals surface area contributed by atoms with Crippen LogP contribution in [0.25, 0.3) is 0 Å². The van der Waals surface area contributed by atoms with Crippen LogP contribution in [0.5, 0.6) is 0 Å². The fraction of sp³-hybridized carbons (Fsp3) is 0.368. The Morgan fingerprint density at radius 3 is 2.54 bits per heavy atom. The van der Waals surface area contributed by atoms with Gasteiger partial charge in [0.2, 0.25) is 5.91 Å². The van der Waals surface area contributed by atoms with Crippen LogP contribution in [0.2, 0.25) is 0 Å². The quantitative estimate of drug-likeness (QED) is 0.855. The van der Waals surface area contributed by atoms with Gasteiger partial charge in [0.1, 0.15) is 5.69 Å². The van der Waals surface area contributed by atoms with Crippen molar-refractivity contribution < 1.29 is 9.59 Å². The molecule has 1 aromatic heterocycles. The summed E-state index contributed by atoms with van der Waals surface area (Å²) < 4.78 is 1.67. The van der Waals surface area contributed by atoms with Crippen molar-refractivity contribution in [1.29, 1.82) is 0 Å². The number of primary amides is 1. The van der Waals surface area contributed by atoms with Gasteiger partial charge in [-0.1, -0.05) is 31.2 Å². The van der Waals surface area contributed by atoms with Gasteiger partial charge < -0.3 is 20.5 Å². The predicted molar refractivity (Wildman–Crippen MR) is 104 cm³/mol. The highest BCUT2D eigenvalue weighted by Crippen LogP contribution is 2.25. The van der Waals surface area contributed by atoms with Crippen molar-refractivity contribution in [2.75, 3.05) is 19.6 Å². The molecular weight excluding hydrogens is 352 g/mol. The molecule has 0 bridgehead atoms. The fourth-order valence-corrected chi connectivity index (χ4v) is 3.28. The average molecular weight is 377 g/mol.